The van der Waals surface area contributed by atoms with Crippen molar-refractivity contribution in [3.63, 3.8) is 0 Å². The van der Waals surface area contributed by atoms with E-state index in [0.29, 0.717) is 10.9 Å². The van der Waals surface area contributed by atoms with Crippen molar-refractivity contribution in [2.24, 2.45) is 16.8 Å². The summed E-state index contributed by atoms with van der Waals surface area (Å²) < 4.78 is 0. The summed E-state index contributed by atoms with van der Waals surface area (Å²) in [4.78, 5) is 23.4. The standard InChI is InChI=1S/C25H32ClN5O/c1-2-16-13-21(26)23(20-14-28-22-6-4-3-5-19(20)22)30-24(16)29-18-9-12-31(15-18)25(32)17-7-10-27-11-8-17/h3-6,13-14,16-18,24,27-29H,2,7-12,15H2,1H3. The number of nitrogens with zero attached hydrogens (tertiary/aromatic N) is 2. The molecule has 2 saturated heterocycles. The molecular weight excluding hydrogens is 422 g/mol. The number of likely N-dealkylation sites (tertiary alicyclic amines) is 1. The summed E-state index contributed by atoms with van der Waals surface area (Å²) in [5.41, 5.74) is 2.96. The monoisotopic (exact) mass is 453 g/mol. The van der Waals surface area contributed by atoms with Gasteiger partial charge >= 0.3 is 0 Å². The van der Waals surface area contributed by atoms with E-state index in [1.54, 1.807) is 0 Å². The third-order valence-electron chi connectivity index (χ3n) is 7.17. The second-order valence-electron chi connectivity index (χ2n) is 9.22. The van der Waals surface area contributed by atoms with Crippen LogP contribution in [-0.2, 0) is 4.79 Å². The SMILES string of the molecule is CCC1C=C(Cl)C(c2c[nH]c3ccccc23)=NC1NC1CCN(C(=O)C2CCNCC2)C1. The Kier molecular flexibility index (Phi) is 6.35. The molecule has 7 heteroatoms. The molecule has 1 aromatic heterocycles. The number of benzene rings is 1. The Balaban J connectivity index is 1.31. The number of dihydropyridines is 1. The Bertz CT molecular complexity index is 1040. The number of carbonyl (C=O) groups is 1. The molecule has 3 N–H and O–H groups in total. The summed E-state index contributed by atoms with van der Waals surface area (Å²) in [7, 11) is 0. The number of carbonyl (C=O) groups excluding carboxylic acids is 1. The first-order valence-corrected chi connectivity index (χ1v) is 12.3. The molecule has 2 fully saturated rings. The zero-order valence-corrected chi connectivity index (χ0v) is 19.4. The van der Waals surface area contributed by atoms with Gasteiger partial charge in [0.2, 0.25) is 5.91 Å². The molecule has 0 bridgehead atoms. The second-order valence-corrected chi connectivity index (χ2v) is 9.63. The highest BCUT2D eigenvalue weighted by Gasteiger charge is 2.34. The molecule has 4 heterocycles. The van der Waals surface area contributed by atoms with Crippen molar-refractivity contribution in [3.05, 3.63) is 47.1 Å². The number of allylic oxidation sites excluding steroid dienone is 1. The number of H-pyrrole nitrogens is 1. The van der Waals surface area contributed by atoms with Crippen molar-refractivity contribution in [2.75, 3.05) is 26.2 Å². The predicted molar refractivity (Wildman–Crippen MR) is 130 cm³/mol. The summed E-state index contributed by atoms with van der Waals surface area (Å²) in [6.45, 7) is 5.67. The van der Waals surface area contributed by atoms with Crippen LogP contribution in [0.4, 0.5) is 0 Å². The van der Waals surface area contributed by atoms with E-state index in [4.69, 9.17) is 16.6 Å². The first-order valence-electron chi connectivity index (χ1n) is 11.9. The van der Waals surface area contributed by atoms with Crippen LogP contribution in [0.2, 0.25) is 0 Å². The highest BCUT2D eigenvalue weighted by atomic mass is 35.5. The van der Waals surface area contributed by atoms with Gasteiger partial charge in [0.15, 0.2) is 0 Å². The fourth-order valence-corrected chi connectivity index (χ4v) is 5.60. The normalized spacial score (nSPS) is 26.9. The van der Waals surface area contributed by atoms with Gasteiger partial charge in [-0.2, -0.15) is 0 Å². The number of aliphatic imine (C=N–C) groups is 1. The molecule has 0 saturated carbocycles. The minimum absolute atomic E-state index is 0.0369. The number of rotatable bonds is 5. The lowest BCUT2D eigenvalue weighted by Gasteiger charge is -2.30. The number of aromatic amines is 1. The van der Waals surface area contributed by atoms with Crippen LogP contribution in [0, 0.1) is 11.8 Å². The van der Waals surface area contributed by atoms with Gasteiger partial charge in [-0.25, -0.2) is 0 Å². The van der Waals surface area contributed by atoms with Gasteiger partial charge < -0.3 is 15.2 Å². The fourth-order valence-electron chi connectivity index (χ4n) is 5.29. The number of piperidine rings is 1. The van der Waals surface area contributed by atoms with E-state index in [-0.39, 0.29) is 24.0 Å². The topological polar surface area (TPSA) is 72.5 Å². The summed E-state index contributed by atoms with van der Waals surface area (Å²) in [6.07, 6.45) is 7.95. The first-order chi connectivity index (χ1) is 15.6. The second kappa shape index (κ2) is 9.38. The Morgan fingerprint density at radius 1 is 1.25 bits per heavy atom. The average molecular weight is 454 g/mol. The summed E-state index contributed by atoms with van der Waals surface area (Å²) in [5.74, 6) is 0.754. The van der Waals surface area contributed by atoms with Gasteiger partial charge in [0.1, 0.15) is 6.17 Å². The third kappa shape index (κ3) is 4.24. The van der Waals surface area contributed by atoms with Crippen molar-refractivity contribution in [3.8, 4) is 0 Å². The van der Waals surface area contributed by atoms with Crippen LogP contribution in [0.3, 0.4) is 0 Å². The van der Waals surface area contributed by atoms with E-state index in [0.717, 1.165) is 74.0 Å². The van der Waals surface area contributed by atoms with Crippen LogP contribution in [-0.4, -0.2) is 59.9 Å². The van der Waals surface area contributed by atoms with Gasteiger partial charge in [-0.05, 0) is 44.8 Å². The maximum Gasteiger partial charge on any atom is 0.225 e. The smallest absolute Gasteiger partial charge is 0.225 e. The number of halogens is 1. The number of hydrogen-bond acceptors (Lipinski definition) is 4. The number of hydrogen-bond donors (Lipinski definition) is 3. The maximum atomic E-state index is 12.9. The van der Waals surface area contributed by atoms with Crippen molar-refractivity contribution in [2.45, 2.75) is 44.8 Å². The molecule has 0 aliphatic carbocycles. The molecule has 3 atom stereocenters. The Morgan fingerprint density at radius 3 is 2.88 bits per heavy atom. The van der Waals surface area contributed by atoms with Gasteiger partial charge in [-0.1, -0.05) is 42.8 Å². The zero-order chi connectivity index (χ0) is 22.1. The molecule has 170 valence electrons. The molecule has 6 nitrogen and oxygen atoms in total. The van der Waals surface area contributed by atoms with E-state index in [2.05, 4.69) is 45.6 Å². The highest BCUT2D eigenvalue weighted by molar-refractivity contribution is 6.47. The van der Waals surface area contributed by atoms with Crippen LogP contribution in [0.5, 0.6) is 0 Å². The van der Waals surface area contributed by atoms with E-state index in [9.17, 15) is 4.79 Å². The van der Waals surface area contributed by atoms with E-state index in [1.165, 1.54) is 0 Å². The number of nitrogens with one attached hydrogen (secondary N) is 3. The average Bonchev–Trinajstić information content (AvgIpc) is 3.47. The number of amides is 1. The predicted octanol–water partition coefficient (Wildman–Crippen LogP) is 3.64. The maximum absolute atomic E-state index is 12.9. The van der Waals surface area contributed by atoms with E-state index in [1.807, 2.05) is 18.3 Å². The Labute approximate surface area is 194 Å². The molecule has 3 aliphatic heterocycles. The largest absolute Gasteiger partial charge is 0.360 e. The minimum Gasteiger partial charge on any atom is -0.360 e. The van der Waals surface area contributed by atoms with Crippen LogP contribution in [0.15, 0.2) is 46.6 Å². The molecule has 0 spiro atoms. The van der Waals surface area contributed by atoms with Gasteiger partial charge in [-0.3, -0.25) is 15.1 Å². The lowest BCUT2D eigenvalue weighted by molar-refractivity contribution is -0.135. The lowest BCUT2D eigenvalue weighted by Crippen LogP contribution is -2.46. The Hall–Kier alpha value is -2.15. The minimum atomic E-state index is -0.0369. The van der Waals surface area contributed by atoms with Crippen molar-refractivity contribution >= 4 is 34.1 Å². The van der Waals surface area contributed by atoms with Crippen molar-refractivity contribution in [1.29, 1.82) is 0 Å². The molecule has 2 aromatic rings. The number of aromatic nitrogens is 1. The molecule has 3 unspecified atom stereocenters. The molecule has 32 heavy (non-hydrogen) atoms. The van der Waals surface area contributed by atoms with Crippen molar-refractivity contribution < 1.29 is 4.79 Å². The van der Waals surface area contributed by atoms with Crippen LogP contribution in [0.25, 0.3) is 10.9 Å². The summed E-state index contributed by atoms with van der Waals surface area (Å²) in [6, 6.07) is 8.49. The zero-order valence-electron chi connectivity index (χ0n) is 18.6. The molecule has 1 amide bonds. The van der Waals surface area contributed by atoms with Gasteiger partial charge in [0.25, 0.3) is 0 Å². The van der Waals surface area contributed by atoms with Gasteiger partial charge in [-0.15, -0.1) is 0 Å². The number of para-hydroxylation sites is 1. The summed E-state index contributed by atoms with van der Waals surface area (Å²) in [5, 5.41) is 8.96. The van der Waals surface area contributed by atoms with Crippen molar-refractivity contribution in [1.82, 2.24) is 20.5 Å². The van der Waals surface area contributed by atoms with Crippen LogP contribution >= 0.6 is 11.6 Å². The first kappa shape index (κ1) is 21.7. The van der Waals surface area contributed by atoms with Gasteiger partial charge in [0, 0.05) is 53.6 Å². The van der Waals surface area contributed by atoms with E-state index < -0.39 is 0 Å². The quantitative estimate of drug-likeness (QED) is 0.647. The molecule has 3 aliphatic rings. The van der Waals surface area contributed by atoms with Gasteiger partial charge in [0.05, 0.1) is 10.7 Å². The van der Waals surface area contributed by atoms with Crippen LogP contribution < -0.4 is 10.6 Å². The molecule has 1 aromatic carbocycles. The number of fused-ring (bicyclic) bond motifs is 1. The van der Waals surface area contributed by atoms with E-state index >= 15 is 0 Å². The fraction of sp³-hybridized carbons (Fsp3) is 0.520. The van der Waals surface area contributed by atoms with Crippen LogP contribution in [0.1, 0.15) is 38.2 Å². The molecule has 5 rings (SSSR count). The highest BCUT2D eigenvalue weighted by Crippen LogP contribution is 2.30. The third-order valence-corrected chi connectivity index (χ3v) is 7.48. The Morgan fingerprint density at radius 2 is 2.06 bits per heavy atom. The molecule has 0 radical (unpaired) electrons. The summed E-state index contributed by atoms with van der Waals surface area (Å²) >= 11 is 6.71. The molecular formula is C25H32ClN5O. The lowest BCUT2D eigenvalue weighted by atomic mass is 9.95.